The van der Waals surface area contributed by atoms with Crippen molar-refractivity contribution in [3.05, 3.63) is 0 Å². The lowest BCUT2D eigenvalue weighted by Crippen LogP contribution is -2.52. The van der Waals surface area contributed by atoms with Crippen LogP contribution in [0.5, 0.6) is 0 Å². The number of aliphatic hydroxyl groups excluding tert-OH is 3. The second-order valence-corrected chi connectivity index (χ2v) is 4.51. The minimum atomic E-state index is -2.53. The predicted octanol–water partition coefficient (Wildman–Crippen LogP) is -1.30. The first-order chi connectivity index (χ1) is 8.52. The SMILES string of the molecule is OC[C@H]1C[C@@H]2OC(NCC(F)F)=N[C@@H]2[C@@H](O)[C@@H]1O. The average Bonchev–Trinajstić information content (AvgIpc) is 2.74. The summed E-state index contributed by atoms with van der Waals surface area (Å²) in [5.74, 6) is -0.495. The molecule has 18 heavy (non-hydrogen) atoms. The summed E-state index contributed by atoms with van der Waals surface area (Å²) in [7, 11) is 0. The number of alkyl halides is 2. The van der Waals surface area contributed by atoms with E-state index in [4.69, 9.17) is 9.84 Å². The van der Waals surface area contributed by atoms with Crippen molar-refractivity contribution in [1.82, 2.24) is 5.32 Å². The van der Waals surface area contributed by atoms with E-state index in [-0.39, 0.29) is 12.6 Å². The number of nitrogens with one attached hydrogen (secondary N) is 1. The Labute approximate surface area is 102 Å². The summed E-state index contributed by atoms with van der Waals surface area (Å²) in [6.45, 7) is -0.856. The molecular weight excluding hydrogens is 250 g/mol. The number of halogens is 2. The van der Waals surface area contributed by atoms with Crippen LogP contribution in [0.25, 0.3) is 0 Å². The Morgan fingerprint density at radius 2 is 2.11 bits per heavy atom. The Kier molecular flexibility index (Phi) is 3.98. The van der Waals surface area contributed by atoms with E-state index in [2.05, 4.69) is 10.3 Å². The van der Waals surface area contributed by atoms with Crippen LogP contribution >= 0.6 is 0 Å². The number of amidine groups is 1. The summed E-state index contributed by atoms with van der Waals surface area (Å²) < 4.78 is 29.3. The smallest absolute Gasteiger partial charge is 0.285 e. The molecule has 8 heteroatoms. The molecule has 0 amide bonds. The molecule has 0 radical (unpaired) electrons. The van der Waals surface area contributed by atoms with Gasteiger partial charge in [-0.25, -0.2) is 13.8 Å². The molecule has 0 aromatic heterocycles. The lowest BCUT2D eigenvalue weighted by atomic mass is 9.80. The Bertz CT molecular complexity index is 329. The van der Waals surface area contributed by atoms with Crippen LogP contribution in [0.4, 0.5) is 8.78 Å². The van der Waals surface area contributed by atoms with Crippen molar-refractivity contribution in [1.29, 1.82) is 0 Å². The number of nitrogens with zero attached hydrogens (tertiary/aromatic N) is 1. The second kappa shape index (κ2) is 5.33. The molecule has 0 bridgehead atoms. The van der Waals surface area contributed by atoms with Crippen LogP contribution in [-0.2, 0) is 4.74 Å². The molecule has 0 aromatic rings. The molecular formula is C10H16F2N2O4. The zero-order chi connectivity index (χ0) is 13.3. The fourth-order valence-corrected chi connectivity index (χ4v) is 2.30. The quantitative estimate of drug-likeness (QED) is 0.509. The zero-order valence-corrected chi connectivity index (χ0v) is 9.54. The van der Waals surface area contributed by atoms with E-state index in [1.54, 1.807) is 0 Å². The van der Waals surface area contributed by atoms with Gasteiger partial charge in [0, 0.05) is 12.5 Å². The van der Waals surface area contributed by atoms with Gasteiger partial charge < -0.3 is 25.4 Å². The summed E-state index contributed by atoms with van der Waals surface area (Å²) in [6.07, 6.45) is -4.95. The molecule has 0 unspecified atom stereocenters. The van der Waals surface area contributed by atoms with Crippen LogP contribution in [0, 0.1) is 5.92 Å². The lowest BCUT2D eigenvalue weighted by molar-refractivity contribution is -0.0949. The molecule has 2 rings (SSSR count). The third-order valence-electron chi connectivity index (χ3n) is 3.27. The minimum absolute atomic E-state index is 0.0462. The Morgan fingerprint density at radius 3 is 2.72 bits per heavy atom. The van der Waals surface area contributed by atoms with Crippen molar-refractivity contribution in [3.8, 4) is 0 Å². The van der Waals surface area contributed by atoms with Crippen LogP contribution < -0.4 is 5.32 Å². The molecule has 0 spiro atoms. The van der Waals surface area contributed by atoms with Gasteiger partial charge in [-0.1, -0.05) is 0 Å². The van der Waals surface area contributed by atoms with Gasteiger partial charge in [-0.05, 0) is 6.42 Å². The Hall–Kier alpha value is -0.990. The van der Waals surface area contributed by atoms with Gasteiger partial charge in [-0.3, -0.25) is 0 Å². The zero-order valence-electron chi connectivity index (χ0n) is 9.54. The van der Waals surface area contributed by atoms with E-state index in [1.165, 1.54) is 0 Å². The third kappa shape index (κ3) is 2.55. The summed E-state index contributed by atoms with van der Waals surface area (Å²) >= 11 is 0. The monoisotopic (exact) mass is 266 g/mol. The maximum absolute atomic E-state index is 12.0. The maximum atomic E-state index is 12.0. The van der Waals surface area contributed by atoms with E-state index >= 15 is 0 Å². The van der Waals surface area contributed by atoms with Crippen LogP contribution in [0.1, 0.15) is 6.42 Å². The van der Waals surface area contributed by atoms with E-state index in [0.29, 0.717) is 6.42 Å². The lowest BCUT2D eigenvalue weighted by Gasteiger charge is -2.36. The van der Waals surface area contributed by atoms with Gasteiger partial charge in [0.1, 0.15) is 18.2 Å². The van der Waals surface area contributed by atoms with E-state index in [0.717, 1.165) is 0 Å². The number of hydrogen-bond acceptors (Lipinski definition) is 6. The molecule has 4 N–H and O–H groups in total. The molecule has 1 aliphatic heterocycles. The van der Waals surface area contributed by atoms with Crippen LogP contribution in [-0.4, -0.2) is 65.3 Å². The van der Waals surface area contributed by atoms with Crippen LogP contribution in [0.3, 0.4) is 0 Å². The molecule has 6 nitrogen and oxygen atoms in total. The van der Waals surface area contributed by atoms with Gasteiger partial charge >= 0.3 is 0 Å². The maximum Gasteiger partial charge on any atom is 0.285 e. The standard InChI is InChI=1S/C10H16F2N2O4/c11-6(12)2-13-10-14-7-5(18-10)1-4(3-15)8(16)9(7)17/h4-9,15-17H,1-3H2,(H,13,14)/t4-,5+,7+,8-,9-/m1/s1. The second-order valence-electron chi connectivity index (χ2n) is 4.51. The van der Waals surface area contributed by atoms with Crippen molar-refractivity contribution in [2.75, 3.05) is 13.2 Å². The third-order valence-corrected chi connectivity index (χ3v) is 3.27. The molecule has 104 valence electrons. The van der Waals surface area contributed by atoms with E-state index < -0.39 is 43.2 Å². The van der Waals surface area contributed by atoms with Gasteiger partial charge in [0.2, 0.25) is 0 Å². The highest BCUT2D eigenvalue weighted by molar-refractivity contribution is 5.75. The summed E-state index contributed by atoms with van der Waals surface area (Å²) in [5, 5.41) is 30.9. The highest BCUT2D eigenvalue weighted by Crippen LogP contribution is 2.32. The van der Waals surface area contributed by atoms with Crippen LogP contribution in [0.15, 0.2) is 4.99 Å². The van der Waals surface area contributed by atoms with Crippen molar-refractivity contribution in [2.24, 2.45) is 10.9 Å². The predicted molar refractivity (Wildman–Crippen MR) is 57.3 cm³/mol. The fraction of sp³-hybridized carbons (Fsp3) is 0.900. The van der Waals surface area contributed by atoms with Gasteiger partial charge in [0.15, 0.2) is 0 Å². The number of fused-ring (bicyclic) bond motifs is 1. The Morgan fingerprint density at radius 1 is 1.39 bits per heavy atom. The molecule has 1 fully saturated rings. The fourth-order valence-electron chi connectivity index (χ4n) is 2.30. The number of ether oxygens (including phenoxy) is 1. The number of rotatable bonds is 3. The summed E-state index contributed by atoms with van der Waals surface area (Å²) in [6, 6.07) is -0.724. The van der Waals surface area contributed by atoms with Crippen LogP contribution in [0.2, 0.25) is 0 Å². The first kappa shape index (κ1) is 13.4. The minimum Gasteiger partial charge on any atom is -0.460 e. The summed E-state index contributed by atoms with van der Waals surface area (Å²) in [5.41, 5.74) is 0. The van der Waals surface area contributed by atoms with Gasteiger partial charge in [0.05, 0.1) is 12.6 Å². The number of aliphatic hydroxyl groups is 3. The van der Waals surface area contributed by atoms with E-state index in [9.17, 15) is 19.0 Å². The van der Waals surface area contributed by atoms with Crippen molar-refractivity contribution in [3.63, 3.8) is 0 Å². The topological polar surface area (TPSA) is 94.3 Å². The van der Waals surface area contributed by atoms with Gasteiger partial charge in [0.25, 0.3) is 12.4 Å². The molecule has 2 aliphatic rings. The molecule has 1 saturated carbocycles. The highest BCUT2D eigenvalue weighted by Gasteiger charge is 2.47. The van der Waals surface area contributed by atoms with Gasteiger partial charge in [-0.15, -0.1) is 0 Å². The van der Waals surface area contributed by atoms with E-state index in [1.807, 2.05) is 0 Å². The normalized spacial score (nSPS) is 39.2. The molecule has 0 aromatic carbocycles. The van der Waals surface area contributed by atoms with Crippen molar-refractivity contribution >= 4 is 6.02 Å². The molecule has 1 heterocycles. The summed E-state index contributed by atoms with van der Waals surface area (Å²) in [4.78, 5) is 3.94. The molecule has 0 saturated heterocycles. The Balaban J connectivity index is 1.99. The molecule has 1 aliphatic carbocycles. The average molecular weight is 266 g/mol. The van der Waals surface area contributed by atoms with Crippen molar-refractivity contribution < 1.29 is 28.8 Å². The number of aliphatic imine (C=N–C) groups is 1. The van der Waals surface area contributed by atoms with Gasteiger partial charge in [-0.2, -0.15) is 0 Å². The number of hydrogen-bond donors (Lipinski definition) is 4. The molecule has 5 atom stereocenters. The first-order valence-electron chi connectivity index (χ1n) is 5.76. The first-order valence-corrected chi connectivity index (χ1v) is 5.76. The highest BCUT2D eigenvalue weighted by atomic mass is 19.3. The largest absolute Gasteiger partial charge is 0.460 e. The van der Waals surface area contributed by atoms with Crippen molar-refractivity contribution in [2.45, 2.75) is 37.2 Å².